The van der Waals surface area contributed by atoms with Gasteiger partial charge >= 0.3 is 0 Å². The highest BCUT2D eigenvalue weighted by Crippen LogP contribution is 2.21. The van der Waals surface area contributed by atoms with E-state index in [-0.39, 0.29) is 34.0 Å². The fraction of sp³-hybridized carbons (Fsp3) is 0.706. The molecule has 6 heteroatoms. The Balaban J connectivity index is 0.00000760. The smallest absolute Gasteiger partial charge is 0.169 e. The number of rotatable bonds is 25. The van der Waals surface area contributed by atoms with Crippen LogP contribution in [-0.4, -0.2) is 11.5 Å². The number of halogens is 2. The highest BCUT2D eigenvalue weighted by molar-refractivity contribution is 7.99. The fourth-order valence-corrected chi connectivity index (χ4v) is 6.62. The van der Waals surface area contributed by atoms with Crippen molar-refractivity contribution in [1.29, 1.82) is 0 Å². The fourth-order valence-electron chi connectivity index (χ4n) is 4.82. The van der Waals surface area contributed by atoms with Crippen molar-refractivity contribution in [2.45, 2.75) is 152 Å². The van der Waals surface area contributed by atoms with E-state index < -0.39 is 0 Å². The first-order valence-corrected chi connectivity index (χ1v) is 18.0. The van der Waals surface area contributed by atoms with Gasteiger partial charge in [-0.1, -0.05) is 90.9 Å². The van der Waals surface area contributed by atoms with E-state index in [0.29, 0.717) is 0 Å². The predicted molar refractivity (Wildman–Crippen MR) is 169 cm³/mol. The molecule has 0 aliphatic heterocycles. The maximum Gasteiger partial charge on any atom is 0.169 e. The van der Waals surface area contributed by atoms with Gasteiger partial charge in [-0.3, -0.25) is 0 Å². The molecule has 0 N–H and O–H groups in total. The van der Waals surface area contributed by atoms with Crippen LogP contribution < -0.4 is 43.1 Å². The Kier molecular flexibility index (Phi) is 29.0. The van der Waals surface area contributed by atoms with Crippen LogP contribution in [0.1, 0.15) is 129 Å². The van der Waals surface area contributed by atoms with E-state index in [1.165, 1.54) is 137 Å². The molecule has 0 saturated carbocycles. The van der Waals surface area contributed by atoms with E-state index in [0.717, 1.165) is 13.1 Å². The molecule has 40 heavy (non-hydrogen) atoms. The van der Waals surface area contributed by atoms with E-state index in [9.17, 15) is 0 Å². The molecule has 0 atom stereocenters. The van der Waals surface area contributed by atoms with Gasteiger partial charge in [0.1, 0.15) is 13.1 Å². The minimum absolute atomic E-state index is 0. The molecule has 2 nitrogen and oxygen atoms in total. The van der Waals surface area contributed by atoms with Crippen molar-refractivity contribution in [3.05, 3.63) is 49.1 Å². The minimum Gasteiger partial charge on any atom is -1.00 e. The van der Waals surface area contributed by atoms with Gasteiger partial charge in [-0.25, -0.2) is 9.13 Å². The molecule has 0 radical (unpaired) electrons. The standard InChI is InChI=1S/C34H58N2S2.2BrH/c1-3-5-7-9-11-13-15-17-25-35-27-21-33(22-28-35)37-31-19-20-32-38-34-23-29-36(30-24-34)26-18-16-14-12-10-8-6-4-2;;/h21-24,27-30H,3-20,25-26,31-32H2,1-2H3;2*1H/q+2;;/p-2. The third-order valence-corrected chi connectivity index (χ3v) is 9.53. The first-order chi connectivity index (χ1) is 18.8. The lowest BCUT2D eigenvalue weighted by molar-refractivity contribution is -0.697. The maximum atomic E-state index is 2.36. The third kappa shape index (κ3) is 21.6. The number of unbranched alkanes of at least 4 members (excludes halogenated alkanes) is 15. The second-order valence-electron chi connectivity index (χ2n) is 10.9. The molecule has 0 aliphatic carbocycles. The molecule has 0 fully saturated rings. The Morgan fingerprint density at radius 1 is 0.425 bits per heavy atom. The molecule has 230 valence electrons. The van der Waals surface area contributed by atoms with Gasteiger partial charge in [0, 0.05) is 46.9 Å². The van der Waals surface area contributed by atoms with Crippen molar-refractivity contribution in [3.8, 4) is 0 Å². The van der Waals surface area contributed by atoms with Gasteiger partial charge in [-0.05, 0) is 37.2 Å². The molecule has 0 bridgehead atoms. The van der Waals surface area contributed by atoms with Crippen LogP contribution in [0, 0.1) is 0 Å². The van der Waals surface area contributed by atoms with Crippen LogP contribution >= 0.6 is 23.5 Å². The lowest BCUT2D eigenvalue weighted by Crippen LogP contribution is -3.00. The summed E-state index contributed by atoms with van der Waals surface area (Å²) < 4.78 is 4.72. The molecule has 2 aromatic rings. The summed E-state index contributed by atoms with van der Waals surface area (Å²) in [5.41, 5.74) is 0. The van der Waals surface area contributed by atoms with E-state index in [1.807, 2.05) is 23.5 Å². The first-order valence-electron chi connectivity index (χ1n) is 16.1. The van der Waals surface area contributed by atoms with Gasteiger partial charge in [0.15, 0.2) is 24.8 Å². The number of nitrogens with zero attached hydrogens (tertiary/aromatic N) is 2. The molecular formula is C34H58Br2N2S2. The van der Waals surface area contributed by atoms with Gasteiger partial charge in [0.05, 0.1) is 0 Å². The van der Waals surface area contributed by atoms with Crippen molar-refractivity contribution in [3.63, 3.8) is 0 Å². The quantitative estimate of drug-likeness (QED) is 0.0865. The van der Waals surface area contributed by atoms with Gasteiger partial charge in [-0.2, -0.15) is 0 Å². The highest BCUT2D eigenvalue weighted by atomic mass is 79.9. The topological polar surface area (TPSA) is 7.76 Å². The van der Waals surface area contributed by atoms with E-state index in [1.54, 1.807) is 0 Å². The molecule has 0 spiro atoms. The minimum atomic E-state index is 0. The Morgan fingerprint density at radius 2 is 0.725 bits per heavy atom. The van der Waals surface area contributed by atoms with Crippen molar-refractivity contribution in [2.75, 3.05) is 11.5 Å². The molecule has 0 amide bonds. The number of thioether (sulfide) groups is 2. The Morgan fingerprint density at radius 3 is 1.05 bits per heavy atom. The zero-order valence-corrected chi connectivity index (χ0v) is 30.4. The SMILES string of the molecule is CCCCCCCCCC[n+]1ccc(SCCCCSc2cc[n+](CCCCCCCCCC)cc2)cc1.[Br-].[Br-]. The molecule has 0 unspecified atom stereocenters. The summed E-state index contributed by atoms with van der Waals surface area (Å²) in [4.78, 5) is 2.82. The molecular weight excluding hydrogens is 660 g/mol. The average molecular weight is 719 g/mol. The summed E-state index contributed by atoms with van der Waals surface area (Å²) in [6.07, 6.45) is 33.9. The summed E-state index contributed by atoms with van der Waals surface area (Å²) in [7, 11) is 0. The molecule has 2 aromatic heterocycles. The second kappa shape index (κ2) is 29.1. The van der Waals surface area contributed by atoms with Crippen molar-refractivity contribution >= 4 is 23.5 Å². The van der Waals surface area contributed by atoms with Gasteiger partial charge in [-0.15, -0.1) is 23.5 Å². The van der Waals surface area contributed by atoms with E-state index in [4.69, 9.17) is 0 Å². The summed E-state index contributed by atoms with van der Waals surface area (Å²) in [6, 6.07) is 9.21. The number of aryl methyl sites for hydroxylation is 2. The number of hydrogen-bond donors (Lipinski definition) is 0. The maximum absolute atomic E-state index is 2.36. The van der Waals surface area contributed by atoms with E-state index >= 15 is 0 Å². The van der Waals surface area contributed by atoms with Crippen LogP contribution in [0.25, 0.3) is 0 Å². The highest BCUT2D eigenvalue weighted by Gasteiger charge is 2.04. The summed E-state index contributed by atoms with van der Waals surface area (Å²) in [5, 5.41) is 0. The lowest BCUT2D eigenvalue weighted by atomic mass is 10.1. The second-order valence-corrected chi connectivity index (χ2v) is 13.2. The number of aromatic nitrogens is 2. The molecule has 2 heterocycles. The zero-order chi connectivity index (χ0) is 26.9. The third-order valence-electron chi connectivity index (χ3n) is 7.34. The van der Waals surface area contributed by atoms with Crippen molar-refractivity contribution in [1.82, 2.24) is 0 Å². The number of hydrogen-bond acceptors (Lipinski definition) is 2. The van der Waals surface area contributed by atoms with Crippen LogP contribution in [0.5, 0.6) is 0 Å². The van der Waals surface area contributed by atoms with Crippen molar-refractivity contribution in [2.24, 2.45) is 0 Å². The van der Waals surface area contributed by atoms with Gasteiger partial charge in [0.25, 0.3) is 0 Å². The van der Waals surface area contributed by atoms with Crippen LogP contribution in [-0.2, 0) is 13.1 Å². The van der Waals surface area contributed by atoms with Gasteiger partial charge < -0.3 is 34.0 Å². The van der Waals surface area contributed by atoms with Crippen molar-refractivity contribution < 1.29 is 43.1 Å². The largest absolute Gasteiger partial charge is 1.00 e. The van der Waals surface area contributed by atoms with Crippen LogP contribution in [0.3, 0.4) is 0 Å². The Hall–Kier alpha value is -0.0400. The van der Waals surface area contributed by atoms with Crippen LogP contribution in [0.4, 0.5) is 0 Å². The molecule has 0 saturated heterocycles. The van der Waals surface area contributed by atoms with Crippen LogP contribution in [0.2, 0.25) is 0 Å². The predicted octanol–water partition coefficient (Wildman–Crippen LogP) is 4.22. The monoisotopic (exact) mass is 716 g/mol. The number of pyridine rings is 2. The van der Waals surface area contributed by atoms with E-state index in [2.05, 4.69) is 72.0 Å². The normalized spacial score (nSPS) is 10.8. The molecule has 0 aromatic carbocycles. The summed E-state index contributed by atoms with van der Waals surface area (Å²) in [6.45, 7) is 6.91. The Labute approximate surface area is 277 Å². The van der Waals surface area contributed by atoms with Gasteiger partial charge in [0.2, 0.25) is 0 Å². The van der Waals surface area contributed by atoms with Crippen LogP contribution in [0.15, 0.2) is 58.8 Å². The first kappa shape index (κ1) is 40.0. The summed E-state index contributed by atoms with van der Waals surface area (Å²) in [5.74, 6) is 2.44. The average Bonchev–Trinajstić information content (AvgIpc) is 2.95. The lowest BCUT2D eigenvalue weighted by Gasteiger charge is -2.04. The molecule has 2 rings (SSSR count). The zero-order valence-electron chi connectivity index (χ0n) is 25.6. The molecule has 0 aliphatic rings. The Bertz CT molecular complexity index is 720. The summed E-state index contributed by atoms with van der Waals surface area (Å²) >= 11 is 4.02.